The molecule has 2 atom stereocenters. The van der Waals surface area contributed by atoms with E-state index in [2.05, 4.69) is 46.8 Å². The highest BCUT2D eigenvalue weighted by atomic mass is 127. The number of alkyl halides is 3. The van der Waals surface area contributed by atoms with Crippen molar-refractivity contribution in [3.8, 4) is 0 Å². The molecule has 1 fully saturated rings. The first kappa shape index (κ1) is 25.5. The summed E-state index contributed by atoms with van der Waals surface area (Å²) in [5.41, 5.74) is 1.11. The molecule has 2 unspecified atom stereocenters. The van der Waals surface area contributed by atoms with E-state index in [1.54, 1.807) is 11.3 Å². The van der Waals surface area contributed by atoms with Gasteiger partial charge < -0.3 is 10.6 Å². The lowest BCUT2D eigenvalue weighted by atomic mass is 9.85. The normalized spacial score (nSPS) is 21.2. The Morgan fingerprint density at radius 1 is 1.29 bits per heavy atom. The van der Waals surface area contributed by atoms with Crippen LogP contribution in [0.15, 0.2) is 10.4 Å². The van der Waals surface area contributed by atoms with Gasteiger partial charge in [-0.25, -0.2) is 4.98 Å². The standard InChI is InChI=1S/C19H31F3N4S.HI/c1-5-23-17(25-14-8-6-7-13(11-14)19(20,21)22)24-10-9-16-26-15(12-27-16)18(2,3)4;/h12-14H,5-11H2,1-4H3,(H2,23,24,25);1H. The highest BCUT2D eigenvalue weighted by Gasteiger charge is 2.42. The van der Waals surface area contributed by atoms with E-state index in [1.165, 1.54) is 0 Å². The first-order valence-electron chi connectivity index (χ1n) is 9.66. The lowest BCUT2D eigenvalue weighted by molar-refractivity contribution is -0.183. The Balaban J connectivity index is 0.00000392. The van der Waals surface area contributed by atoms with Crippen LogP contribution in [0.3, 0.4) is 0 Å². The van der Waals surface area contributed by atoms with E-state index in [0.29, 0.717) is 25.5 Å². The lowest BCUT2D eigenvalue weighted by Crippen LogP contribution is -2.46. The number of aromatic nitrogens is 1. The van der Waals surface area contributed by atoms with Crippen LogP contribution in [0.1, 0.15) is 64.1 Å². The Morgan fingerprint density at radius 3 is 2.57 bits per heavy atom. The third-order valence-electron chi connectivity index (χ3n) is 4.74. The van der Waals surface area contributed by atoms with Gasteiger partial charge in [0.25, 0.3) is 0 Å². The van der Waals surface area contributed by atoms with Crippen LogP contribution in [0.5, 0.6) is 0 Å². The molecule has 4 nitrogen and oxygen atoms in total. The zero-order chi connectivity index (χ0) is 20.1. The van der Waals surface area contributed by atoms with Gasteiger partial charge in [-0.05, 0) is 26.2 Å². The SMILES string of the molecule is CCNC(=NCCc1nc(C(C)(C)C)cs1)NC1CCCC(C(F)(F)F)C1.I. The molecule has 0 bridgehead atoms. The van der Waals surface area contributed by atoms with Crippen molar-refractivity contribution in [1.29, 1.82) is 0 Å². The van der Waals surface area contributed by atoms with Gasteiger partial charge in [0.15, 0.2) is 5.96 Å². The summed E-state index contributed by atoms with van der Waals surface area (Å²) < 4.78 is 39.0. The largest absolute Gasteiger partial charge is 0.391 e. The molecule has 162 valence electrons. The van der Waals surface area contributed by atoms with E-state index in [1.807, 2.05) is 6.92 Å². The van der Waals surface area contributed by atoms with Crippen LogP contribution in [-0.4, -0.2) is 36.3 Å². The average molecular weight is 532 g/mol. The maximum atomic E-state index is 13.0. The van der Waals surface area contributed by atoms with E-state index < -0.39 is 12.1 Å². The van der Waals surface area contributed by atoms with Crippen molar-refractivity contribution in [3.05, 3.63) is 16.1 Å². The fourth-order valence-corrected chi connectivity index (χ4v) is 4.18. The molecule has 2 N–H and O–H groups in total. The molecule has 1 heterocycles. The number of hydrogen-bond donors (Lipinski definition) is 2. The second-order valence-corrected chi connectivity index (χ2v) is 9.08. The van der Waals surface area contributed by atoms with Crippen molar-refractivity contribution < 1.29 is 13.2 Å². The zero-order valence-electron chi connectivity index (χ0n) is 17.0. The van der Waals surface area contributed by atoms with Gasteiger partial charge in [0.05, 0.1) is 16.6 Å². The molecule has 1 aromatic rings. The van der Waals surface area contributed by atoms with Gasteiger partial charge in [0, 0.05) is 36.3 Å². The minimum atomic E-state index is -4.11. The molecule has 1 saturated carbocycles. The Kier molecular flexibility index (Phi) is 9.99. The molecule has 9 heteroatoms. The summed E-state index contributed by atoms with van der Waals surface area (Å²) in [5.74, 6) is -0.615. The van der Waals surface area contributed by atoms with Gasteiger partial charge in [-0.15, -0.1) is 35.3 Å². The van der Waals surface area contributed by atoms with Crippen LogP contribution in [0.4, 0.5) is 13.2 Å². The number of nitrogens with zero attached hydrogens (tertiary/aromatic N) is 2. The van der Waals surface area contributed by atoms with Crippen molar-refractivity contribution in [1.82, 2.24) is 15.6 Å². The molecule has 1 aliphatic rings. The minimum absolute atomic E-state index is 0. The number of aliphatic imine (C=N–C) groups is 1. The van der Waals surface area contributed by atoms with Gasteiger partial charge in [0.1, 0.15) is 0 Å². The number of thiazole rings is 1. The topological polar surface area (TPSA) is 49.3 Å². The first-order valence-corrected chi connectivity index (χ1v) is 10.5. The second-order valence-electron chi connectivity index (χ2n) is 8.13. The molecule has 1 aromatic heterocycles. The van der Waals surface area contributed by atoms with Crippen molar-refractivity contribution in [3.63, 3.8) is 0 Å². The van der Waals surface area contributed by atoms with Gasteiger partial charge in [-0.3, -0.25) is 4.99 Å². The van der Waals surface area contributed by atoms with Crippen molar-refractivity contribution >= 4 is 41.3 Å². The van der Waals surface area contributed by atoms with Crippen LogP contribution in [0.2, 0.25) is 0 Å². The lowest BCUT2D eigenvalue weighted by Gasteiger charge is -2.31. The third-order valence-corrected chi connectivity index (χ3v) is 5.65. The number of rotatable bonds is 5. The van der Waals surface area contributed by atoms with Crippen LogP contribution in [-0.2, 0) is 11.8 Å². The van der Waals surface area contributed by atoms with Gasteiger partial charge >= 0.3 is 6.18 Å². The Hall–Kier alpha value is -0.580. The van der Waals surface area contributed by atoms with Gasteiger partial charge in [-0.2, -0.15) is 13.2 Å². The average Bonchev–Trinajstić information content (AvgIpc) is 3.04. The molecule has 2 rings (SSSR count). The van der Waals surface area contributed by atoms with E-state index in [-0.39, 0.29) is 48.3 Å². The summed E-state index contributed by atoms with van der Waals surface area (Å²) in [7, 11) is 0. The van der Waals surface area contributed by atoms with E-state index in [0.717, 1.165) is 23.5 Å². The van der Waals surface area contributed by atoms with Crippen molar-refractivity contribution in [2.24, 2.45) is 10.9 Å². The predicted octanol–water partition coefficient (Wildman–Crippen LogP) is 5.28. The molecule has 0 amide bonds. The minimum Gasteiger partial charge on any atom is -0.357 e. The maximum absolute atomic E-state index is 13.0. The second kappa shape index (κ2) is 11.0. The predicted molar refractivity (Wildman–Crippen MR) is 121 cm³/mol. The molecular formula is C19H32F3IN4S. The monoisotopic (exact) mass is 532 g/mol. The Bertz CT molecular complexity index is 625. The summed E-state index contributed by atoms with van der Waals surface area (Å²) in [6.45, 7) is 9.59. The van der Waals surface area contributed by atoms with Gasteiger partial charge in [-0.1, -0.05) is 27.2 Å². The van der Waals surface area contributed by atoms with Gasteiger partial charge in [0.2, 0.25) is 0 Å². The number of hydrogen-bond acceptors (Lipinski definition) is 3. The van der Waals surface area contributed by atoms with Crippen LogP contribution >= 0.6 is 35.3 Å². The summed E-state index contributed by atoms with van der Waals surface area (Å²) in [6.07, 6.45) is -1.68. The van der Waals surface area contributed by atoms with Crippen LogP contribution in [0, 0.1) is 5.92 Å². The first-order chi connectivity index (χ1) is 12.6. The summed E-state index contributed by atoms with van der Waals surface area (Å²) in [6, 6.07) is -0.185. The molecule has 0 aliphatic heterocycles. The van der Waals surface area contributed by atoms with E-state index in [9.17, 15) is 13.2 Å². The summed E-state index contributed by atoms with van der Waals surface area (Å²) in [5, 5.41) is 9.46. The molecule has 28 heavy (non-hydrogen) atoms. The zero-order valence-corrected chi connectivity index (χ0v) is 20.2. The van der Waals surface area contributed by atoms with Crippen LogP contribution < -0.4 is 10.6 Å². The van der Waals surface area contributed by atoms with E-state index >= 15 is 0 Å². The molecule has 0 radical (unpaired) electrons. The van der Waals surface area contributed by atoms with Crippen LogP contribution in [0.25, 0.3) is 0 Å². The van der Waals surface area contributed by atoms with Crippen molar-refractivity contribution in [2.45, 2.75) is 77.4 Å². The number of guanidine groups is 1. The summed E-state index contributed by atoms with van der Waals surface area (Å²) >= 11 is 1.63. The smallest absolute Gasteiger partial charge is 0.357 e. The molecule has 0 saturated heterocycles. The number of halogens is 4. The maximum Gasteiger partial charge on any atom is 0.391 e. The fourth-order valence-electron chi connectivity index (χ4n) is 3.17. The molecule has 1 aliphatic carbocycles. The molecule has 0 aromatic carbocycles. The third kappa shape index (κ3) is 8.04. The molecular weight excluding hydrogens is 500 g/mol. The summed E-state index contributed by atoms with van der Waals surface area (Å²) in [4.78, 5) is 9.20. The number of nitrogens with one attached hydrogen (secondary N) is 2. The fraction of sp³-hybridized carbons (Fsp3) is 0.789. The molecule has 0 spiro atoms. The Labute approximate surface area is 187 Å². The quantitative estimate of drug-likeness (QED) is 0.309. The highest BCUT2D eigenvalue weighted by molar-refractivity contribution is 14.0. The van der Waals surface area contributed by atoms with E-state index in [4.69, 9.17) is 0 Å². The Morgan fingerprint density at radius 2 is 2.00 bits per heavy atom. The highest BCUT2D eigenvalue weighted by Crippen LogP contribution is 2.37. The van der Waals surface area contributed by atoms with Crippen molar-refractivity contribution in [2.75, 3.05) is 13.1 Å².